The van der Waals surface area contributed by atoms with Crippen molar-refractivity contribution in [1.82, 2.24) is 9.97 Å². The number of hydrogen-bond donors (Lipinski definition) is 0. The van der Waals surface area contributed by atoms with Gasteiger partial charge in [0.2, 0.25) is 0 Å². The number of hydrogen-bond acceptors (Lipinski definition) is 6. The van der Waals surface area contributed by atoms with Crippen LogP contribution in [-0.4, -0.2) is 9.97 Å². The van der Waals surface area contributed by atoms with E-state index in [0.29, 0.717) is 11.4 Å². The van der Waals surface area contributed by atoms with Crippen LogP contribution in [0.1, 0.15) is 11.4 Å². The average Bonchev–Trinajstić information content (AvgIpc) is 3.21. The summed E-state index contributed by atoms with van der Waals surface area (Å²) in [5, 5.41) is 21.1. The van der Waals surface area contributed by atoms with E-state index in [2.05, 4.69) is 81.6 Å². The lowest BCUT2D eigenvalue weighted by Crippen LogP contribution is -2.15. The highest BCUT2D eigenvalue weighted by atomic mass is 32.2. The van der Waals surface area contributed by atoms with E-state index < -0.39 is 0 Å². The molecular weight excluding hydrogens is 438 g/mol. The van der Waals surface area contributed by atoms with E-state index in [-0.39, 0.29) is 11.4 Å². The zero-order chi connectivity index (χ0) is 22.8. The lowest BCUT2D eigenvalue weighted by Gasteiger charge is -2.33. The Morgan fingerprint density at radius 1 is 0.618 bits per heavy atom. The lowest BCUT2D eigenvalue weighted by atomic mass is 10.0. The summed E-state index contributed by atoms with van der Waals surface area (Å²) in [4.78, 5) is 13.8. The summed E-state index contributed by atoms with van der Waals surface area (Å²) >= 11 is 1.78. The van der Waals surface area contributed by atoms with Gasteiger partial charge < -0.3 is 4.90 Å². The molecule has 0 amide bonds. The molecule has 0 fully saturated rings. The topological polar surface area (TPSA) is 76.6 Å². The summed E-state index contributed by atoms with van der Waals surface area (Å²) in [7, 11) is 0. The predicted molar refractivity (Wildman–Crippen MR) is 132 cm³/mol. The molecule has 1 aliphatic carbocycles. The van der Waals surface area contributed by atoms with Gasteiger partial charge in [0.25, 0.3) is 0 Å². The second-order valence-electron chi connectivity index (χ2n) is 8.07. The standard InChI is InChI=1S/C28H13N5S/c29-14-19-20(15-30)32-28-18-12-13-21(16-6-5-7-17(26(16)18)27(28)31-19)33-22-8-1-3-10-24(22)34-25-11-4-2-9-23(25)33/h1-13H. The molecule has 0 spiro atoms. The van der Waals surface area contributed by atoms with E-state index in [0.717, 1.165) is 39.0 Å². The highest BCUT2D eigenvalue weighted by Gasteiger charge is 2.30. The molecule has 5 nitrogen and oxygen atoms in total. The van der Waals surface area contributed by atoms with Crippen molar-refractivity contribution in [3.63, 3.8) is 0 Å². The van der Waals surface area contributed by atoms with Gasteiger partial charge in [0, 0.05) is 31.7 Å². The maximum absolute atomic E-state index is 9.48. The van der Waals surface area contributed by atoms with Crippen molar-refractivity contribution in [3.05, 3.63) is 90.3 Å². The third kappa shape index (κ3) is 2.43. The van der Waals surface area contributed by atoms with Crippen molar-refractivity contribution in [2.75, 3.05) is 4.90 Å². The molecule has 0 saturated heterocycles. The van der Waals surface area contributed by atoms with E-state index in [4.69, 9.17) is 0 Å². The molecule has 0 unspecified atom stereocenters. The van der Waals surface area contributed by atoms with Crippen molar-refractivity contribution in [1.29, 1.82) is 10.5 Å². The van der Waals surface area contributed by atoms with Gasteiger partial charge in [-0.2, -0.15) is 10.5 Å². The van der Waals surface area contributed by atoms with Crippen LogP contribution in [0, 0.1) is 22.7 Å². The Bertz CT molecular complexity index is 1680. The smallest absolute Gasteiger partial charge is 0.177 e. The second-order valence-corrected chi connectivity index (χ2v) is 9.16. The van der Waals surface area contributed by atoms with Crippen LogP contribution in [0.25, 0.3) is 33.3 Å². The summed E-state index contributed by atoms with van der Waals surface area (Å²) in [5.41, 5.74) is 6.64. The maximum atomic E-state index is 9.48. The summed E-state index contributed by atoms with van der Waals surface area (Å²) in [6, 6.07) is 31.2. The molecular formula is C28H13N5S. The number of benzene rings is 4. The first-order valence-electron chi connectivity index (χ1n) is 10.7. The molecule has 6 heteroatoms. The molecule has 1 aromatic heterocycles. The molecule has 0 saturated carbocycles. The molecule has 0 bridgehead atoms. The fraction of sp³-hybridized carbons (Fsp3) is 0. The van der Waals surface area contributed by atoms with Gasteiger partial charge in [-0.05, 0) is 36.4 Å². The molecule has 2 aliphatic rings. The highest BCUT2D eigenvalue weighted by molar-refractivity contribution is 7.99. The van der Waals surface area contributed by atoms with Crippen molar-refractivity contribution in [2.45, 2.75) is 9.79 Å². The molecule has 0 N–H and O–H groups in total. The Balaban J connectivity index is 1.54. The van der Waals surface area contributed by atoms with Gasteiger partial charge in [-0.3, -0.25) is 0 Å². The number of nitriles is 2. The lowest BCUT2D eigenvalue weighted by molar-refractivity contribution is 1.15. The molecule has 4 aromatic carbocycles. The first-order valence-corrected chi connectivity index (χ1v) is 11.5. The third-order valence-corrected chi connectivity index (χ3v) is 7.44. The van der Waals surface area contributed by atoms with Crippen molar-refractivity contribution in [3.8, 4) is 34.7 Å². The monoisotopic (exact) mass is 451 g/mol. The highest BCUT2D eigenvalue weighted by Crippen LogP contribution is 2.54. The molecule has 156 valence electrons. The number of aromatic nitrogens is 2. The molecule has 5 aromatic rings. The van der Waals surface area contributed by atoms with Gasteiger partial charge in [-0.15, -0.1) is 0 Å². The van der Waals surface area contributed by atoms with Crippen LogP contribution in [0.4, 0.5) is 17.1 Å². The molecule has 7 rings (SSSR count). The third-order valence-electron chi connectivity index (χ3n) is 6.31. The fourth-order valence-electron chi connectivity index (χ4n) is 4.91. The Morgan fingerprint density at radius 3 is 1.82 bits per heavy atom. The van der Waals surface area contributed by atoms with Crippen molar-refractivity contribution < 1.29 is 0 Å². The van der Waals surface area contributed by atoms with E-state index in [9.17, 15) is 10.5 Å². The normalized spacial score (nSPS) is 12.5. The summed E-state index contributed by atoms with van der Waals surface area (Å²) < 4.78 is 0. The van der Waals surface area contributed by atoms with Crippen LogP contribution in [0.5, 0.6) is 0 Å². The van der Waals surface area contributed by atoms with Gasteiger partial charge in [0.15, 0.2) is 11.4 Å². The van der Waals surface area contributed by atoms with Crippen molar-refractivity contribution >= 4 is 39.6 Å². The van der Waals surface area contributed by atoms with Crippen LogP contribution < -0.4 is 4.90 Å². The number of para-hydroxylation sites is 2. The molecule has 34 heavy (non-hydrogen) atoms. The number of rotatable bonds is 1. The minimum Gasteiger partial charge on any atom is -0.308 e. The van der Waals surface area contributed by atoms with Gasteiger partial charge in [-0.25, -0.2) is 9.97 Å². The van der Waals surface area contributed by atoms with Crippen LogP contribution in [0.2, 0.25) is 0 Å². The number of anilines is 3. The molecule has 0 radical (unpaired) electrons. The predicted octanol–water partition coefficient (Wildman–Crippen LogP) is 6.95. The van der Waals surface area contributed by atoms with E-state index in [1.807, 2.05) is 24.3 Å². The van der Waals surface area contributed by atoms with Gasteiger partial charge in [0.1, 0.15) is 12.1 Å². The van der Waals surface area contributed by atoms with Crippen molar-refractivity contribution in [2.24, 2.45) is 0 Å². The maximum Gasteiger partial charge on any atom is 0.177 e. The minimum absolute atomic E-state index is 0.0576. The quantitative estimate of drug-likeness (QED) is 0.269. The Morgan fingerprint density at radius 2 is 1.21 bits per heavy atom. The van der Waals surface area contributed by atoms with Crippen LogP contribution in [0.15, 0.2) is 88.7 Å². The van der Waals surface area contributed by atoms with Crippen LogP contribution >= 0.6 is 11.8 Å². The van der Waals surface area contributed by atoms with Gasteiger partial charge in [0.05, 0.1) is 28.5 Å². The van der Waals surface area contributed by atoms with Gasteiger partial charge >= 0.3 is 0 Å². The van der Waals surface area contributed by atoms with E-state index >= 15 is 0 Å². The van der Waals surface area contributed by atoms with E-state index in [1.165, 1.54) is 9.79 Å². The second kappa shape index (κ2) is 6.92. The first-order chi connectivity index (χ1) is 16.8. The Kier molecular flexibility index (Phi) is 3.84. The fourth-order valence-corrected chi connectivity index (χ4v) is 5.97. The average molecular weight is 452 g/mol. The Hall–Kier alpha value is -4.65. The molecule has 1 aliphatic heterocycles. The number of nitrogens with zero attached hydrogens (tertiary/aromatic N) is 5. The number of fused-ring (bicyclic) bond motifs is 5. The zero-order valence-electron chi connectivity index (χ0n) is 17.6. The summed E-state index contributed by atoms with van der Waals surface area (Å²) in [5.74, 6) is 0. The summed E-state index contributed by atoms with van der Waals surface area (Å²) in [6.45, 7) is 0. The van der Waals surface area contributed by atoms with E-state index in [1.54, 1.807) is 11.8 Å². The van der Waals surface area contributed by atoms with Gasteiger partial charge in [-0.1, -0.05) is 54.2 Å². The molecule has 0 atom stereocenters. The van der Waals surface area contributed by atoms with Crippen LogP contribution in [-0.2, 0) is 0 Å². The van der Waals surface area contributed by atoms with Crippen LogP contribution in [0.3, 0.4) is 0 Å². The summed E-state index contributed by atoms with van der Waals surface area (Å²) in [6.07, 6.45) is 0. The zero-order valence-corrected chi connectivity index (χ0v) is 18.5. The molecule has 2 heterocycles. The SMILES string of the molecule is N#Cc1nc2c(nc1C#N)-c1ccc(N3c4ccccc4Sc4ccccc43)c3cccc-2c13. The first kappa shape index (κ1) is 18.9. The Labute approximate surface area is 199 Å². The minimum atomic E-state index is 0.0576. The largest absolute Gasteiger partial charge is 0.308 e.